The summed E-state index contributed by atoms with van der Waals surface area (Å²) in [4.78, 5) is 32.9. The first-order valence-corrected chi connectivity index (χ1v) is 13.0. The fourth-order valence-electron chi connectivity index (χ4n) is 4.55. The number of carboxylic acids is 1. The highest BCUT2D eigenvalue weighted by atomic mass is 16.5. The first kappa shape index (κ1) is 26.0. The van der Waals surface area contributed by atoms with E-state index in [1.807, 2.05) is 66.7 Å². The van der Waals surface area contributed by atoms with Gasteiger partial charge in [0.05, 0.1) is 35.8 Å². The fourth-order valence-corrected chi connectivity index (χ4v) is 4.55. The summed E-state index contributed by atoms with van der Waals surface area (Å²) in [6, 6.07) is 21.5. The summed E-state index contributed by atoms with van der Waals surface area (Å²) in [6.45, 7) is 4.92. The Balaban J connectivity index is 1.38. The van der Waals surface area contributed by atoms with Crippen molar-refractivity contribution in [2.24, 2.45) is 11.0 Å². The number of aromatic nitrogens is 2. The van der Waals surface area contributed by atoms with Crippen molar-refractivity contribution >= 4 is 28.6 Å². The van der Waals surface area contributed by atoms with Gasteiger partial charge >= 0.3 is 5.97 Å². The SMILES string of the molecule is CC(C)COc1ccc(-c2ccc(C3=NN(C(=O)CCC(=O)O)C(c4ccc5nccnc5c4)C3)cc2)cc1. The van der Waals surface area contributed by atoms with Crippen molar-refractivity contribution in [2.75, 3.05) is 6.61 Å². The van der Waals surface area contributed by atoms with Crippen LogP contribution in [-0.2, 0) is 9.59 Å². The van der Waals surface area contributed by atoms with Crippen LogP contribution in [0.3, 0.4) is 0 Å². The Kier molecular flexibility index (Phi) is 7.63. The Morgan fingerprint density at radius 1 is 0.897 bits per heavy atom. The van der Waals surface area contributed by atoms with Crippen LogP contribution in [0.15, 0.2) is 84.2 Å². The molecule has 8 nitrogen and oxygen atoms in total. The molecule has 0 aliphatic carbocycles. The average molecular weight is 523 g/mol. The molecule has 39 heavy (non-hydrogen) atoms. The Bertz CT molecular complexity index is 1510. The number of amides is 1. The molecule has 5 rings (SSSR count). The number of carbonyl (C=O) groups excluding carboxylic acids is 1. The number of nitrogens with zero attached hydrogens (tertiary/aromatic N) is 4. The van der Waals surface area contributed by atoms with Crippen LogP contribution >= 0.6 is 0 Å². The number of rotatable bonds is 9. The molecule has 1 unspecified atom stereocenters. The van der Waals surface area contributed by atoms with Gasteiger partial charge in [-0.3, -0.25) is 19.6 Å². The van der Waals surface area contributed by atoms with Gasteiger partial charge in [-0.2, -0.15) is 5.10 Å². The maximum atomic E-state index is 13.0. The highest BCUT2D eigenvalue weighted by Crippen LogP contribution is 2.35. The van der Waals surface area contributed by atoms with E-state index < -0.39 is 5.97 Å². The summed E-state index contributed by atoms with van der Waals surface area (Å²) in [7, 11) is 0. The Hall–Kier alpha value is -4.59. The van der Waals surface area contributed by atoms with Crippen LogP contribution in [0.2, 0.25) is 0 Å². The number of fused-ring (bicyclic) bond motifs is 1. The molecule has 1 aliphatic rings. The van der Waals surface area contributed by atoms with Crippen LogP contribution in [0.4, 0.5) is 0 Å². The predicted molar refractivity (Wildman–Crippen MR) is 149 cm³/mol. The molecule has 8 heteroatoms. The molecule has 1 N–H and O–H groups in total. The largest absolute Gasteiger partial charge is 0.493 e. The lowest BCUT2D eigenvalue weighted by atomic mass is 9.96. The number of benzene rings is 3. The molecule has 4 aromatic rings. The summed E-state index contributed by atoms with van der Waals surface area (Å²) in [5.41, 5.74) is 6.19. The van der Waals surface area contributed by atoms with Crippen molar-refractivity contribution in [3.8, 4) is 16.9 Å². The Labute approximate surface area is 227 Å². The van der Waals surface area contributed by atoms with Gasteiger partial charge in [-0.25, -0.2) is 5.01 Å². The van der Waals surface area contributed by atoms with Crippen LogP contribution in [-0.4, -0.2) is 44.3 Å². The molecule has 1 aromatic heterocycles. The van der Waals surface area contributed by atoms with Gasteiger partial charge in [-0.1, -0.05) is 56.3 Å². The van der Waals surface area contributed by atoms with Gasteiger partial charge in [0.25, 0.3) is 0 Å². The van der Waals surface area contributed by atoms with Crippen molar-refractivity contribution in [3.05, 3.63) is 90.3 Å². The molecular formula is C31H30N4O4. The van der Waals surface area contributed by atoms with Crippen molar-refractivity contribution in [1.29, 1.82) is 0 Å². The molecule has 0 radical (unpaired) electrons. The molecule has 0 saturated carbocycles. The fraction of sp³-hybridized carbons (Fsp3) is 0.258. The van der Waals surface area contributed by atoms with Gasteiger partial charge in [0, 0.05) is 25.2 Å². The Morgan fingerprint density at radius 3 is 2.21 bits per heavy atom. The van der Waals surface area contributed by atoms with Crippen LogP contribution < -0.4 is 4.74 Å². The summed E-state index contributed by atoms with van der Waals surface area (Å²) in [5, 5.41) is 15.2. The second kappa shape index (κ2) is 11.4. The molecule has 0 fully saturated rings. The van der Waals surface area contributed by atoms with Crippen molar-refractivity contribution in [2.45, 2.75) is 39.2 Å². The number of ether oxygens (including phenoxy) is 1. The minimum absolute atomic E-state index is 0.119. The van der Waals surface area contributed by atoms with Gasteiger partial charge in [0.2, 0.25) is 5.91 Å². The summed E-state index contributed by atoms with van der Waals surface area (Å²) in [5.74, 6) is -0.0243. The number of carbonyl (C=O) groups is 2. The number of hydrogen-bond acceptors (Lipinski definition) is 6. The zero-order valence-electron chi connectivity index (χ0n) is 21.9. The third-order valence-electron chi connectivity index (χ3n) is 6.59. The van der Waals surface area contributed by atoms with Crippen LogP contribution in [0.5, 0.6) is 5.75 Å². The second-order valence-corrected chi connectivity index (χ2v) is 10.0. The quantitative estimate of drug-likeness (QED) is 0.295. The molecule has 1 atom stereocenters. The number of aliphatic carboxylic acids is 1. The number of hydrazone groups is 1. The van der Waals surface area contributed by atoms with E-state index in [4.69, 9.17) is 9.84 Å². The van der Waals surface area contributed by atoms with Crippen LogP contribution in [0, 0.1) is 5.92 Å². The summed E-state index contributed by atoms with van der Waals surface area (Å²) in [6.07, 6.45) is 3.41. The molecular weight excluding hydrogens is 492 g/mol. The zero-order chi connectivity index (χ0) is 27.4. The van der Waals surface area contributed by atoms with E-state index in [9.17, 15) is 9.59 Å². The lowest BCUT2D eigenvalue weighted by Gasteiger charge is -2.22. The summed E-state index contributed by atoms with van der Waals surface area (Å²) >= 11 is 0. The molecule has 0 spiro atoms. The monoisotopic (exact) mass is 522 g/mol. The highest BCUT2D eigenvalue weighted by Gasteiger charge is 2.33. The lowest BCUT2D eigenvalue weighted by Crippen LogP contribution is -2.27. The molecule has 0 bridgehead atoms. The molecule has 1 aliphatic heterocycles. The van der Waals surface area contributed by atoms with Crippen molar-refractivity contribution in [3.63, 3.8) is 0 Å². The maximum Gasteiger partial charge on any atom is 0.303 e. The van der Waals surface area contributed by atoms with Gasteiger partial charge in [-0.15, -0.1) is 0 Å². The molecule has 1 amide bonds. The molecule has 198 valence electrons. The van der Waals surface area contributed by atoms with Crippen LogP contribution in [0.25, 0.3) is 22.2 Å². The maximum absolute atomic E-state index is 13.0. The molecule has 3 aromatic carbocycles. The smallest absolute Gasteiger partial charge is 0.303 e. The average Bonchev–Trinajstić information content (AvgIpc) is 3.41. The normalized spacial score (nSPS) is 15.0. The van der Waals surface area contributed by atoms with Gasteiger partial charge < -0.3 is 9.84 Å². The number of hydrogen-bond donors (Lipinski definition) is 1. The second-order valence-electron chi connectivity index (χ2n) is 10.0. The van der Waals surface area contributed by atoms with E-state index in [2.05, 4.69) is 28.9 Å². The van der Waals surface area contributed by atoms with E-state index in [0.29, 0.717) is 18.9 Å². The van der Waals surface area contributed by atoms with E-state index >= 15 is 0 Å². The van der Waals surface area contributed by atoms with Crippen molar-refractivity contribution < 1.29 is 19.4 Å². The third-order valence-corrected chi connectivity index (χ3v) is 6.59. The molecule has 2 heterocycles. The standard InChI is InChI=1S/C31H30N4O4/c1-20(2)19-39-25-10-7-22(8-11-25)21-3-5-23(6-4-21)27-18-29(35(34-27)30(36)13-14-31(37)38)24-9-12-26-28(17-24)33-16-15-32-26/h3-12,15-17,20,29H,13-14,18-19H2,1-2H3,(H,37,38). The third kappa shape index (κ3) is 6.12. The summed E-state index contributed by atoms with van der Waals surface area (Å²) < 4.78 is 5.79. The lowest BCUT2D eigenvalue weighted by molar-refractivity contribution is -0.141. The highest BCUT2D eigenvalue weighted by molar-refractivity contribution is 6.03. The van der Waals surface area contributed by atoms with Crippen LogP contribution in [0.1, 0.15) is 50.3 Å². The number of carboxylic acid groups (broad SMARTS) is 1. The Morgan fingerprint density at radius 2 is 1.54 bits per heavy atom. The van der Waals surface area contributed by atoms with E-state index in [0.717, 1.165) is 44.7 Å². The zero-order valence-corrected chi connectivity index (χ0v) is 21.9. The predicted octanol–water partition coefficient (Wildman–Crippen LogP) is 5.87. The van der Waals surface area contributed by atoms with E-state index in [-0.39, 0.29) is 24.8 Å². The first-order valence-electron chi connectivity index (χ1n) is 13.0. The van der Waals surface area contributed by atoms with Gasteiger partial charge in [0.1, 0.15) is 5.75 Å². The molecule has 0 saturated heterocycles. The minimum atomic E-state index is -1.01. The minimum Gasteiger partial charge on any atom is -0.493 e. The first-order chi connectivity index (χ1) is 18.9. The van der Waals surface area contributed by atoms with E-state index in [1.165, 1.54) is 5.01 Å². The van der Waals surface area contributed by atoms with Crippen molar-refractivity contribution in [1.82, 2.24) is 15.0 Å². The van der Waals surface area contributed by atoms with Gasteiger partial charge in [-0.05, 0) is 52.4 Å². The van der Waals surface area contributed by atoms with Gasteiger partial charge in [0.15, 0.2) is 0 Å². The topological polar surface area (TPSA) is 105 Å². The van der Waals surface area contributed by atoms with E-state index in [1.54, 1.807) is 12.4 Å².